The molecular weight excluding hydrogens is 306 g/mol. The van der Waals surface area contributed by atoms with Crippen LogP contribution in [0.25, 0.3) is 0 Å². The van der Waals surface area contributed by atoms with Gasteiger partial charge >= 0.3 is 0 Å². The summed E-state index contributed by atoms with van der Waals surface area (Å²) in [6, 6.07) is 0.329. The molecule has 0 aliphatic carbocycles. The van der Waals surface area contributed by atoms with E-state index in [2.05, 4.69) is 39.5 Å². The zero-order chi connectivity index (χ0) is 18.2. The molecule has 24 heavy (non-hydrogen) atoms. The minimum Gasteiger partial charge on any atom is -0.394 e. The fourth-order valence-corrected chi connectivity index (χ4v) is 3.89. The summed E-state index contributed by atoms with van der Waals surface area (Å²) in [5.74, 6) is 1.40. The summed E-state index contributed by atoms with van der Waals surface area (Å²) in [5.41, 5.74) is -0.224. The Morgan fingerprint density at radius 2 is 1.75 bits per heavy atom. The molecule has 1 saturated heterocycles. The first-order valence-electron chi connectivity index (χ1n) is 9.37. The molecule has 1 amide bonds. The summed E-state index contributed by atoms with van der Waals surface area (Å²) in [6.07, 6.45) is 2.97. The number of carbonyl (C=O) groups excluding carboxylic acids is 1. The number of carbonyl (C=O) groups is 1. The van der Waals surface area contributed by atoms with E-state index in [0.29, 0.717) is 56.8 Å². The van der Waals surface area contributed by atoms with Crippen LogP contribution in [0.5, 0.6) is 0 Å². The Labute approximate surface area is 147 Å². The van der Waals surface area contributed by atoms with Crippen LogP contribution >= 0.6 is 0 Å². The lowest BCUT2D eigenvalue weighted by Crippen LogP contribution is -2.39. The number of hydrogen-bond donors (Lipinski definition) is 1. The van der Waals surface area contributed by atoms with E-state index in [1.807, 2.05) is 0 Å². The quantitative estimate of drug-likeness (QED) is 0.554. The van der Waals surface area contributed by atoms with Crippen molar-refractivity contribution in [3.63, 3.8) is 0 Å². The molecule has 0 aromatic carbocycles. The number of ether oxygens (including phenoxy) is 2. The van der Waals surface area contributed by atoms with Gasteiger partial charge in [0.15, 0.2) is 0 Å². The van der Waals surface area contributed by atoms with Crippen LogP contribution in [-0.2, 0) is 14.3 Å². The molecule has 0 saturated carbocycles. The van der Waals surface area contributed by atoms with Crippen molar-refractivity contribution in [1.82, 2.24) is 4.90 Å². The van der Waals surface area contributed by atoms with Gasteiger partial charge in [-0.05, 0) is 31.1 Å². The van der Waals surface area contributed by atoms with Gasteiger partial charge in [0.1, 0.15) is 0 Å². The third-order valence-corrected chi connectivity index (χ3v) is 4.59. The molecule has 5 heteroatoms. The average molecular weight is 344 g/mol. The second kappa shape index (κ2) is 10.4. The lowest BCUT2D eigenvalue weighted by Gasteiger charge is -2.27. The van der Waals surface area contributed by atoms with E-state index in [-0.39, 0.29) is 12.0 Å². The third-order valence-electron chi connectivity index (χ3n) is 4.59. The standard InChI is InChI=1S/C19H37NO4/c1-15(2)12-17-14-19(5,13-16(3)4)18(22)20(17)6-8-23-10-11-24-9-7-21/h15-17,21H,6-14H2,1-5H3. The van der Waals surface area contributed by atoms with Gasteiger partial charge in [-0.15, -0.1) is 0 Å². The van der Waals surface area contributed by atoms with Crippen molar-refractivity contribution in [3.05, 3.63) is 0 Å². The minimum atomic E-state index is -0.224. The number of nitrogens with zero attached hydrogens (tertiary/aromatic N) is 1. The van der Waals surface area contributed by atoms with Gasteiger partial charge in [-0.3, -0.25) is 4.79 Å². The van der Waals surface area contributed by atoms with E-state index in [9.17, 15) is 4.79 Å². The van der Waals surface area contributed by atoms with E-state index < -0.39 is 0 Å². The lowest BCUT2D eigenvalue weighted by atomic mass is 9.79. The molecule has 0 aromatic rings. The van der Waals surface area contributed by atoms with Gasteiger partial charge in [0, 0.05) is 18.0 Å². The molecule has 1 aliphatic heterocycles. The number of amides is 1. The lowest BCUT2D eigenvalue weighted by molar-refractivity contribution is -0.137. The predicted octanol–water partition coefficient (Wildman–Crippen LogP) is 2.71. The van der Waals surface area contributed by atoms with Crippen molar-refractivity contribution >= 4 is 5.91 Å². The number of rotatable bonds is 12. The maximum atomic E-state index is 13.0. The molecule has 2 unspecified atom stereocenters. The summed E-state index contributed by atoms with van der Waals surface area (Å²) in [7, 11) is 0. The summed E-state index contributed by atoms with van der Waals surface area (Å²) in [4.78, 5) is 15.0. The fourth-order valence-electron chi connectivity index (χ4n) is 3.89. The van der Waals surface area contributed by atoms with Crippen LogP contribution in [0.3, 0.4) is 0 Å². The molecule has 1 rings (SSSR count). The van der Waals surface area contributed by atoms with E-state index in [1.165, 1.54) is 0 Å². The first kappa shape index (κ1) is 21.4. The summed E-state index contributed by atoms with van der Waals surface area (Å²) >= 11 is 0. The van der Waals surface area contributed by atoms with Gasteiger partial charge in [0.2, 0.25) is 5.91 Å². The normalized spacial score (nSPS) is 24.6. The van der Waals surface area contributed by atoms with Gasteiger partial charge in [-0.1, -0.05) is 34.6 Å². The van der Waals surface area contributed by atoms with Crippen LogP contribution in [0.4, 0.5) is 0 Å². The highest BCUT2D eigenvalue weighted by atomic mass is 16.5. The third kappa shape index (κ3) is 6.69. The molecule has 1 N–H and O–H groups in total. The summed E-state index contributed by atoms with van der Waals surface area (Å²) in [5, 5.41) is 8.64. The maximum Gasteiger partial charge on any atom is 0.228 e. The Bertz CT molecular complexity index is 372. The Kier molecular flexibility index (Phi) is 9.24. The zero-order valence-corrected chi connectivity index (χ0v) is 16.2. The van der Waals surface area contributed by atoms with E-state index in [1.54, 1.807) is 0 Å². The van der Waals surface area contributed by atoms with E-state index in [4.69, 9.17) is 14.6 Å². The highest BCUT2D eigenvalue weighted by Crippen LogP contribution is 2.42. The Balaban J connectivity index is 2.52. The molecule has 0 spiro atoms. The van der Waals surface area contributed by atoms with E-state index in [0.717, 1.165) is 19.3 Å². The Morgan fingerprint density at radius 3 is 2.29 bits per heavy atom. The number of hydrogen-bond acceptors (Lipinski definition) is 4. The molecule has 1 fully saturated rings. The number of aliphatic hydroxyl groups is 1. The maximum absolute atomic E-state index is 13.0. The van der Waals surface area contributed by atoms with Crippen LogP contribution < -0.4 is 0 Å². The van der Waals surface area contributed by atoms with Crippen molar-refractivity contribution in [1.29, 1.82) is 0 Å². The molecule has 1 heterocycles. The number of aliphatic hydroxyl groups excluding tert-OH is 1. The molecule has 2 atom stereocenters. The first-order chi connectivity index (χ1) is 11.3. The van der Waals surface area contributed by atoms with Gasteiger partial charge in [0.25, 0.3) is 0 Å². The van der Waals surface area contributed by atoms with E-state index >= 15 is 0 Å². The Morgan fingerprint density at radius 1 is 1.12 bits per heavy atom. The predicted molar refractivity (Wildman–Crippen MR) is 95.9 cm³/mol. The minimum absolute atomic E-state index is 0.0353. The molecule has 0 bridgehead atoms. The van der Waals surface area contributed by atoms with Gasteiger partial charge in [0.05, 0.1) is 33.0 Å². The van der Waals surface area contributed by atoms with Crippen LogP contribution in [-0.4, -0.2) is 61.5 Å². The molecule has 142 valence electrons. The van der Waals surface area contributed by atoms with Crippen LogP contribution in [0.2, 0.25) is 0 Å². The van der Waals surface area contributed by atoms with Gasteiger partial charge < -0.3 is 19.5 Å². The van der Waals surface area contributed by atoms with Crippen LogP contribution in [0.15, 0.2) is 0 Å². The second-order valence-electron chi connectivity index (χ2n) is 8.09. The zero-order valence-electron chi connectivity index (χ0n) is 16.2. The van der Waals surface area contributed by atoms with Crippen molar-refractivity contribution < 1.29 is 19.4 Å². The summed E-state index contributed by atoms with van der Waals surface area (Å²) in [6.45, 7) is 13.5. The SMILES string of the molecule is CC(C)CC1CC(C)(CC(C)C)C(=O)N1CCOCCOCCO. The molecule has 0 aromatic heterocycles. The highest BCUT2D eigenvalue weighted by molar-refractivity contribution is 5.85. The van der Waals surface area contributed by atoms with Crippen LogP contribution in [0.1, 0.15) is 53.9 Å². The monoisotopic (exact) mass is 343 g/mol. The van der Waals surface area contributed by atoms with Crippen molar-refractivity contribution in [3.8, 4) is 0 Å². The number of likely N-dealkylation sites (tertiary alicyclic amines) is 1. The van der Waals surface area contributed by atoms with Crippen molar-refractivity contribution in [2.45, 2.75) is 59.9 Å². The summed E-state index contributed by atoms with van der Waals surface area (Å²) < 4.78 is 10.8. The smallest absolute Gasteiger partial charge is 0.228 e. The topological polar surface area (TPSA) is 59.0 Å². The van der Waals surface area contributed by atoms with Gasteiger partial charge in [-0.25, -0.2) is 0 Å². The first-order valence-corrected chi connectivity index (χ1v) is 9.37. The van der Waals surface area contributed by atoms with Crippen LogP contribution in [0, 0.1) is 17.3 Å². The molecule has 1 aliphatic rings. The molecule has 0 radical (unpaired) electrons. The van der Waals surface area contributed by atoms with Gasteiger partial charge in [-0.2, -0.15) is 0 Å². The molecule has 5 nitrogen and oxygen atoms in total. The molecular formula is C19H37NO4. The fraction of sp³-hybridized carbons (Fsp3) is 0.947. The average Bonchev–Trinajstić information content (AvgIpc) is 2.68. The Hall–Kier alpha value is -0.650. The largest absolute Gasteiger partial charge is 0.394 e. The second-order valence-corrected chi connectivity index (χ2v) is 8.09. The van der Waals surface area contributed by atoms with Crippen molar-refractivity contribution in [2.75, 3.05) is 39.6 Å². The van der Waals surface area contributed by atoms with Crippen molar-refractivity contribution in [2.24, 2.45) is 17.3 Å². The highest BCUT2D eigenvalue weighted by Gasteiger charge is 2.47.